The van der Waals surface area contributed by atoms with Crippen LogP contribution in [0.5, 0.6) is 11.5 Å². The maximum atomic E-state index is 12.4. The van der Waals surface area contributed by atoms with E-state index in [4.69, 9.17) is 9.47 Å². The van der Waals surface area contributed by atoms with Gasteiger partial charge in [0.2, 0.25) is 0 Å². The highest BCUT2D eigenvalue weighted by Gasteiger charge is 2.16. The highest BCUT2D eigenvalue weighted by molar-refractivity contribution is 5.96. The van der Waals surface area contributed by atoms with Crippen LogP contribution in [0.2, 0.25) is 0 Å². The molecule has 0 bridgehead atoms. The molecule has 4 aromatic carbocycles. The van der Waals surface area contributed by atoms with Gasteiger partial charge in [0, 0.05) is 7.05 Å². The van der Waals surface area contributed by atoms with E-state index in [1.807, 2.05) is 25.1 Å². The lowest BCUT2D eigenvalue weighted by Crippen LogP contribution is -2.23. The van der Waals surface area contributed by atoms with Crippen LogP contribution in [0.3, 0.4) is 0 Å². The second-order valence-corrected chi connectivity index (χ2v) is 8.05. The van der Waals surface area contributed by atoms with Crippen LogP contribution in [0.1, 0.15) is 11.1 Å². The van der Waals surface area contributed by atoms with Gasteiger partial charge in [-0.25, -0.2) is 4.79 Å². The van der Waals surface area contributed by atoms with E-state index < -0.39 is 0 Å². The smallest absolute Gasteiger partial charge is 0.368 e. The van der Waals surface area contributed by atoms with Crippen LogP contribution >= 0.6 is 0 Å². The fourth-order valence-electron chi connectivity index (χ4n) is 4.16. The second kappa shape index (κ2) is 8.86. The van der Waals surface area contributed by atoms with Crippen molar-refractivity contribution in [1.82, 2.24) is 19.8 Å². The van der Waals surface area contributed by atoms with Gasteiger partial charge in [0.1, 0.15) is 18.1 Å². The molecule has 0 spiro atoms. The quantitative estimate of drug-likeness (QED) is 0.374. The summed E-state index contributed by atoms with van der Waals surface area (Å²) in [6.07, 6.45) is 0. The largest absolute Gasteiger partial charge is 0.496 e. The van der Waals surface area contributed by atoms with Crippen molar-refractivity contribution in [2.24, 2.45) is 7.05 Å². The first-order valence-electron chi connectivity index (χ1n) is 10.9. The summed E-state index contributed by atoms with van der Waals surface area (Å²) >= 11 is 0. The zero-order chi connectivity index (χ0) is 23.7. The van der Waals surface area contributed by atoms with Gasteiger partial charge in [0.15, 0.2) is 0 Å². The fourth-order valence-corrected chi connectivity index (χ4v) is 4.16. The molecule has 0 saturated heterocycles. The van der Waals surface area contributed by atoms with E-state index in [1.54, 1.807) is 20.2 Å². The van der Waals surface area contributed by atoms with Crippen LogP contribution in [0.4, 0.5) is 0 Å². The van der Waals surface area contributed by atoms with Crippen molar-refractivity contribution in [3.63, 3.8) is 0 Å². The molecule has 7 heteroatoms. The van der Waals surface area contributed by atoms with Crippen molar-refractivity contribution in [2.45, 2.75) is 13.5 Å². The zero-order valence-corrected chi connectivity index (χ0v) is 19.2. The van der Waals surface area contributed by atoms with Crippen LogP contribution in [-0.4, -0.2) is 26.9 Å². The molecular formula is C27H24N4O3. The molecule has 0 amide bonds. The lowest BCUT2D eigenvalue weighted by atomic mass is 9.97. The van der Waals surface area contributed by atoms with Gasteiger partial charge in [-0.1, -0.05) is 54.6 Å². The number of ether oxygens (including phenoxy) is 2. The predicted molar refractivity (Wildman–Crippen MR) is 132 cm³/mol. The Balaban J connectivity index is 1.47. The van der Waals surface area contributed by atoms with Gasteiger partial charge in [-0.05, 0) is 69.1 Å². The van der Waals surface area contributed by atoms with Crippen molar-refractivity contribution in [2.75, 3.05) is 7.11 Å². The number of tetrazole rings is 1. The summed E-state index contributed by atoms with van der Waals surface area (Å²) in [7, 11) is 3.15. The molecular weight excluding hydrogens is 428 g/mol. The number of hydrogen-bond donors (Lipinski definition) is 0. The number of nitrogens with zero attached hydrogens (tertiary/aromatic N) is 4. The van der Waals surface area contributed by atoms with Gasteiger partial charge in [0.25, 0.3) is 0 Å². The number of rotatable bonds is 6. The Bertz CT molecular complexity index is 1550. The number of aromatic nitrogens is 4. The molecule has 0 radical (unpaired) electrons. The molecule has 0 fully saturated rings. The third-order valence-electron chi connectivity index (χ3n) is 5.93. The predicted octanol–water partition coefficient (Wildman–Crippen LogP) is 4.68. The first kappa shape index (κ1) is 21.5. The summed E-state index contributed by atoms with van der Waals surface area (Å²) in [6.45, 7) is 2.23. The number of methoxy groups -OCH3 is 1. The zero-order valence-electron chi connectivity index (χ0n) is 19.2. The van der Waals surface area contributed by atoms with Crippen LogP contribution in [0.15, 0.2) is 83.7 Å². The lowest BCUT2D eigenvalue weighted by Gasteiger charge is -2.16. The van der Waals surface area contributed by atoms with E-state index in [1.165, 1.54) is 25.7 Å². The average Bonchev–Trinajstić information content (AvgIpc) is 3.20. The van der Waals surface area contributed by atoms with E-state index in [0.29, 0.717) is 17.0 Å². The summed E-state index contributed by atoms with van der Waals surface area (Å²) in [5, 5.41) is 10.2. The fraction of sp³-hybridized carbons (Fsp3) is 0.148. The third kappa shape index (κ3) is 3.81. The molecule has 0 unspecified atom stereocenters. The SMILES string of the molecule is COc1cccc(-n2nnn(C)c2=O)c1COc1ccc(-c2cccc3ccccc23)cc1C. The molecule has 170 valence electrons. The van der Waals surface area contributed by atoms with E-state index in [-0.39, 0.29) is 12.3 Å². The topological polar surface area (TPSA) is 71.2 Å². The third-order valence-corrected chi connectivity index (χ3v) is 5.93. The highest BCUT2D eigenvalue weighted by Crippen LogP contribution is 2.33. The minimum absolute atomic E-state index is 0.205. The summed E-state index contributed by atoms with van der Waals surface area (Å²) in [5.74, 6) is 1.37. The number of benzene rings is 4. The van der Waals surface area contributed by atoms with Gasteiger partial charge in [-0.3, -0.25) is 0 Å². The van der Waals surface area contributed by atoms with Crippen molar-refractivity contribution in [3.8, 4) is 28.3 Å². The molecule has 0 saturated carbocycles. The molecule has 0 aliphatic heterocycles. The molecule has 0 aliphatic rings. The molecule has 0 atom stereocenters. The minimum Gasteiger partial charge on any atom is -0.496 e. The number of aryl methyl sites for hydroxylation is 2. The van der Waals surface area contributed by atoms with Crippen molar-refractivity contribution in [3.05, 3.63) is 100 Å². The van der Waals surface area contributed by atoms with Gasteiger partial charge < -0.3 is 9.47 Å². The van der Waals surface area contributed by atoms with Crippen LogP contribution in [0.25, 0.3) is 27.6 Å². The Kier molecular flexibility index (Phi) is 5.59. The van der Waals surface area contributed by atoms with Crippen LogP contribution < -0.4 is 15.2 Å². The normalized spacial score (nSPS) is 11.0. The van der Waals surface area contributed by atoms with Crippen LogP contribution in [-0.2, 0) is 13.7 Å². The number of fused-ring (bicyclic) bond motifs is 1. The molecule has 0 N–H and O–H groups in total. The highest BCUT2D eigenvalue weighted by atomic mass is 16.5. The van der Waals surface area contributed by atoms with E-state index >= 15 is 0 Å². The Labute approximate surface area is 196 Å². The summed E-state index contributed by atoms with van der Waals surface area (Å²) in [5.41, 5.74) is 4.27. The van der Waals surface area contributed by atoms with E-state index in [9.17, 15) is 4.79 Å². The second-order valence-electron chi connectivity index (χ2n) is 8.05. The number of hydrogen-bond acceptors (Lipinski definition) is 5. The lowest BCUT2D eigenvalue weighted by molar-refractivity contribution is 0.294. The summed E-state index contributed by atoms with van der Waals surface area (Å²) in [6, 6.07) is 26.3. The molecule has 5 rings (SSSR count). The molecule has 1 heterocycles. The van der Waals surface area contributed by atoms with Gasteiger partial charge in [0.05, 0.1) is 18.4 Å². The molecule has 7 nitrogen and oxygen atoms in total. The molecule has 0 aliphatic carbocycles. The maximum Gasteiger partial charge on any atom is 0.368 e. The van der Waals surface area contributed by atoms with Gasteiger partial charge in [-0.15, -0.1) is 0 Å². The Hall–Kier alpha value is -4.39. The Morgan fingerprint density at radius 1 is 0.882 bits per heavy atom. The minimum atomic E-state index is -0.342. The van der Waals surface area contributed by atoms with Gasteiger partial charge >= 0.3 is 5.69 Å². The first-order chi connectivity index (χ1) is 16.6. The van der Waals surface area contributed by atoms with Crippen molar-refractivity contribution >= 4 is 10.8 Å². The molecule has 1 aromatic heterocycles. The van der Waals surface area contributed by atoms with Gasteiger partial charge in [-0.2, -0.15) is 9.36 Å². The average molecular weight is 453 g/mol. The Morgan fingerprint density at radius 2 is 1.68 bits per heavy atom. The maximum absolute atomic E-state index is 12.4. The Morgan fingerprint density at radius 3 is 2.44 bits per heavy atom. The molecule has 34 heavy (non-hydrogen) atoms. The van der Waals surface area contributed by atoms with Crippen molar-refractivity contribution in [1.29, 1.82) is 0 Å². The van der Waals surface area contributed by atoms with Crippen LogP contribution in [0, 0.1) is 6.92 Å². The molecule has 5 aromatic rings. The van der Waals surface area contributed by atoms with E-state index in [0.717, 1.165) is 16.9 Å². The summed E-state index contributed by atoms with van der Waals surface area (Å²) < 4.78 is 14.2. The monoisotopic (exact) mass is 452 g/mol. The van der Waals surface area contributed by atoms with E-state index in [2.05, 4.69) is 65.0 Å². The standard InChI is InChI=1S/C27H24N4O3/c1-18-16-20(22-11-6-9-19-8-4-5-10-21(19)22)14-15-25(18)34-17-23-24(12-7-13-26(23)33-3)31-27(32)30(2)28-29-31/h4-16H,17H2,1-3H3. The summed E-state index contributed by atoms with van der Waals surface area (Å²) in [4.78, 5) is 12.4. The van der Waals surface area contributed by atoms with Crippen molar-refractivity contribution < 1.29 is 9.47 Å². The first-order valence-corrected chi connectivity index (χ1v) is 10.9.